The molecule has 0 aliphatic heterocycles. The topological polar surface area (TPSA) is 75.6 Å². The highest BCUT2D eigenvalue weighted by molar-refractivity contribution is 5.73. The zero-order valence-corrected chi connectivity index (χ0v) is 7.45. The SMILES string of the molecule is COC(=O)CNC1CCC1C(=O)O. The number of esters is 1. The first-order chi connectivity index (χ1) is 6.15. The van der Waals surface area contributed by atoms with Crippen LogP contribution in [-0.4, -0.2) is 36.7 Å². The summed E-state index contributed by atoms with van der Waals surface area (Å²) in [5.74, 6) is -1.51. The molecule has 5 nitrogen and oxygen atoms in total. The second-order valence-corrected chi connectivity index (χ2v) is 3.09. The summed E-state index contributed by atoms with van der Waals surface area (Å²) in [7, 11) is 1.31. The summed E-state index contributed by atoms with van der Waals surface area (Å²) < 4.78 is 4.42. The third-order valence-corrected chi connectivity index (χ3v) is 2.33. The van der Waals surface area contributed by atoms with Crippen molar-refractivity contribution in [3.8, 4) is 0 Å². The van der Waals surface area contributed by atoms with Gasteiger partial charge in [-0.05, 0) is 12.8 Å². The summed E-state index contributed by atoms with van der Waals surface area (Å²) in [5.41, 5.74) is 0. The molecule has 1 saturated carbocycles. The lowest BCUT2D eigenvalue weighted by Crippen LogP contribution is -2.49. The van der Waals surface area contributed by atoms with E-state index < -0.39 is 5.97 Å². The van der Waals surface area contributed by atoms with Crippen LogP contribution < -0.4 is 5.32 Å². The zero-order valence-electron chi connectivity index (χ0n) is 7.45. The van der Waals surface area contributed by atoms with Crippen LogP contribution in [0.4, 0.5) is 0 Å². The second-order valence-electron chi connectivity index (χ2n) is 3.09. The molecule has 74 valence electrons. The van der Waals surface area contributed by atoms with Crippen molar-refractivity contribution in [1.82, 2.24) is 5.32 Å². The lowest BCUT2D eigenvalue weighted by Gasteiger charge is -2.33. The Balaban J connectivity index is 2.23. The van der Waals surface area contributed by atoms with Gasteiger partial charge in [-0.1, -0.05) is 0 Å². The number of methoxy groups -OCH3 is 1. The maximum atomic E-state index is 10.7. The Hall–Kier alpha value is -1.10. The number of carboxylic acid groups (broad SMARTS) is 1. The van der Waals surface area contributed by atoms with Gasteiger partial charge in [0.05, 0.1) is 19.6 Å². The lowest BCUT2D eigenvalue weighted by molar-refractivity contribution is -0.147. The fraction of sp³-hybridized carbons (Fsp3) is 0.750. The molecule has 2 atom stereocenters. The largest absolute Gasteiger partial charge is 0.481 e. The van der Waals surface area contributed by atoms with Gasteiger partial charge in [-0.3, -0.25) is 9.59 Å². The second kappa shape index (κ2) is 4.23. The van der Waals surface area contributed by atoms with Crippen molar-refractivity contribution in [3.05, 3.63) is 0 Å². The van der Waals surface area contributed by atoms with E-state index in [0.717, 1.165) is 6.42 Å². The number of carbonyl (C=O) groups is 2. The van der Waals surface area contributed by atoms with Crippen molar-refractivity contribution in [2.45, 2.75) is 18.9 Å². The molecule has 2 N–H and O–H groups in total. The molecule has 1 fully saturated rings. The Morgan fingerprint density at radius 3 is 2.62 bits per heavy atom. The number of carboxylic acids is 1. The summed E-state index contributed by atoms with van der Waals surface area (Å²) in [6.45, 7) is 0.0882. The number of hydrogen-bond acceptors (Lipinski definition) is 4. The predicted octanol–water partition coefficient (Wildman–Crippen LogP) is -0.388. The van der Waals surface area contributed by atoms with Gasteiger partial charge in [-0.2, -0.15) is 0 Å². The zero-order chi connectivity index (χ0) is 9.84. The van der Waals surface area contributed by atoms with E-state index in [4.69, 9.17) is 5.11 Å². The monoisotopic (exact) mass is 187 g/mol. The number of rotatable bonds is 4. The van der Waals surface area contributed by atoms with E-state index in [1.54, 1.807) is 0 Å². The van der Waals surface area contributed by atoms with Crippen LogP contribution in [-0.2, 0) is 14.3 Å². The Morgan fingerprint density at radius 1 is 1.54 bits per heavy atom. The first-order valence-corrected chi connectivity index (χ1v) is 4.18. The van der Waals surface area contributed by atoms with Crippen LogP contribution in [0, 0.1) is 5.92 Å². The van der Waals surface area contributed by atoms with E-state index in [1.807, 2.05) is 0 Å². The lowest BCUT2D eigenvalue weighted by atomic mass is 9.79. The van der Waals surface area contributed by atoms with Crippen molar-refractivity contribution < 1.29 is 19.4 Å². The maximum absolute atomic E-state index is 10.7. The molecule has 0 amide bonds. The third kappa shape index (κ3) is 2.42. The molecule has 1 aliphatic carbocycles. The molecule has 13 heavy (non-hydrogen) atoms. The van der Waals surface area contributed by atoms with E-state index in [1.165, 1.54) is 7.11 Å². The van der Waals surface area contributed by atoms with Gasteiger partial charge in [0.2, 0.25) is 0 Å². The van der Waals surface area contributed by atoms with Gasteiger partial charge in [-0.15, -0.1) is 0 Å². The molecule has 0 bridgehead atoms. The number of nitrogens with one attached hydrogen (secondary N) is 1. The molecule has 1 rings (SSSR count). The molecule has 0 saturated heterocycles. The molecule has 0 spiro atoms. The van der Waals surface area contributed by atoms with Gasteiger partial charge in [0.1, 0.15) is 0 Å². The van der Waals surface area contributed by atoms with Crippen LogP contribution >= 0.6 is 0 Å². The van der Waals surface area contributed by atoms with E-state index in [2.05, 4.69) is 10.1 Å². The summed E-state index contributed by atoms with van der Waals surface area (Å²) in [6.07, 6.45) is 1.50. The van der Waals surface area contributed by atoms with Crippen molar-refractivity contribution in [1.29, 1.82) is 0 Å². The van der Waals surface area contributed by atoms with Crippen molar-refractivity contribution >= 4 is 11.9 Å². The molecule has 1 aliphatic rings. The summed E-state index contributed by atoms with van der Waals surface area (Å²) >= 11 is 0. The normalized spacial score (nSPS) is 26.2. The summed E-state index contributed by atoms with van der Waals surface area (Å²) in [4.78, 5) is 21.3. The predicted molar refractivity (Wildman–Crippen MR) is 44.2 cm³/mol. The van der Waals surface area contributed by atoms with E-state index >= 15 is 0 Å². The van der Waals surface area contributed by atoms with E-state index in [0.29, 0.717) is 6.42 Å². The number of hydrogen-bond donors (Lipinski definition) is 2. The fourth-order valence-electron chi connectivity index (χ4n) is 1.33. The average molecular weight is 187 g/mol. The highest BCUT2D eigenvalue weighted by Crippen LogP contribution is 2.27. The van der Waals surface area contributed by atoms with Gasteiger partial charge in [0.15, 0.2) is 0 Å². The van der Waals surface area contributed by atoms with E-state index in [-0.39, 0.29) is 24.5 Å². The number of carbonyl (C=O) groups excluding carboxylic acids is 1. The van der Waals surface area contributed by atoms with Crippen LogP contribution in [0.1, 0.15) is 12.8 Å². The van der Waals surface area contributed by atoms with E-state index in [9.17, 15) is 9.59 Å². The Morgan fingerprint density at radius 2 is 2.23 bits per heavy atom. The summed E-state index contributed by atoms with van der Waals surface area (Å²) in [6, 6.07) is -0.0726. The fourth-order valence-corrected chi connectivity index (χ4v) is 1.33. The minimum Gasteiger partial charge on any atom is -0.481 e. The molecule has 5 heteroatoms. The molecular formula is C8H13NO4. The van der Waals surface area contributed by atoms with Gasteiger partial charge < -0.3 is 15.2 Å². The number of aliphatic carboxylic acids is 1. The van der Waals surface area contributed by atoms with Gasteiger partial charge in [-0.25, -0.2) is 0 Å². The molecule has 0 heterocycles. The molecular weight excluding hydrogens is 174 g/mol. The molecule has 2 unspecified atom stereocenters. The Kier molecular flexibility index (Phi) is 3.25. The quantitative estimate of drug-likeness (QED) is 0.586. The minimum atomic E-state index is -0.798. The standard InChI is InChI=1S/C8H13NO4/c1-13-7(10)4-9-6-3-2-5(6)8(11)12/h5-6,9H,2-4H2,1H3,(H,11,12). The Labute approximate surface area is 76.1 Å². The van der Waals surface area contributed by atoms with Crippen LogP contribution in [0.25, 0.3) is 0 Å². The number of ether oxygens (including phenoxy) is 1. The van der Waals surface area contributed by atoms with Crippen molar-refractivity contribution in [2.24, 2.45) is 5.92 Å². The van der Waals surface area contributed by atoms with Crippen LogP contribution in [0.5, 0.6) is 0 Å². The van der Waals surface area contributed by atoms with Crippen LogP contribution in [0.15, 0.2) is 0 Å². The Bertz CT molecular complexity index is 216. The average Bonchev–Trinajstić information content (AvgIpc) is 2.01. The maximum Gasteiger partial charge on any atom is 0.319 e. The molecule has 0 aromatic rings. The minimum absolute atomic E-state index is 0.0726. The third-order valence-electron chi connectivity index (χ3n) is 2.33. The van der Waals surface area contributed by atoms with Gasteiger partial charge in [0, 0.05) is 6.04 Å². The van der Waals surface area contributed by atoms with Gasteiger partial charge in [0.25, 0.3) is 0 Å². The van der Waals surface area contributed by atoms with Crippen molar-refractivity contribution in [2.75, 3.05) is 13.7 Å². The summed E-state index contributed by atoms with van der Waals surface area (Å²) in [5, 5.41) is 11.5. The molecule has 0 radical (unpaired) electrons. The van der Waals surface area contributed by atoms with Gasteiger partial charge >= 0.3 is 11.9 Å². The smallest absolute Gasteiger partial charge is 0.319 e. The first-order valence-electron chi connectivity index (χ1n) is 4.18. The van der Waals surface area contributed by atoms with Crippen LogP contribution in [0.3, 0.4) is 0 Å². The highest BCUT2D eigenvalue weighted by Gasteiger charge is 2.36. The first kappa shape index (κ1) is 9.98. The highest BCUT2D eigenvalue weighted by atomic mass is 16.5. The molecule has 0 aromatic carbocycles. The molecule has 0 aromatic heterocycles. The van der Waals surface area contributed by atoms with Crippen molar-refractivity contribution in [3.63, 3.8) is 0 Å². The van der Waals surface area contributed by atoms with Crippen LogP contribution in [0.2, 0.25) is 0 Å².